The number of aliphatic carboxylic acids is 1. The van der Waals surface area contributed by atoms with Gasteiger partial charge >= 0.3 is 12.0 Å². The summed E-state index contributed by atoms with van der Waals surface area (Å²) in [4.78, 5) is 33.3. The molecule has 0 aromatic heterocycles. The van der Waals surface area contributed by atoms with E-state index in [4.69, 9.17) is 5.11 Å². The zero-order chi connectivity index (χ0) is 13.7. The van der Waals surface area contributed by atoms with E-state index < -0.39 is 18.0 Å². The number of rotatable bonds is 5. The Morgan fingerprint density at radius 1 is 1.50 bits per heavy atom. The lowest BCUT2D eigenvalue weighted by atomic mass is 10.1. The van der Waals surface area contributed by atoms with E-state index in [0.29, 0.717) is 19.4 Å². The normalized spacial score (nSPS) is 20.4. The molecule has 1 heterocycles. The summed E-state index contributed by atoms with van der Waals surface area (Å²) >= 11 is 0. The highest BCUT2D eigenvalue weighted by molar-refractivity contribution is 5.83. The summed E-state index contributed by atoms with van der Waals surface area (Å²) in [5.41, 5.74) is 0. The average Bonchev–Trinajstić information content (AvgIpc) is 2.68. The fraction of sp³-hybridized carbons (Fsp3) is 0.727. The molecule has 7 nitrogen and oxygen atoms in total. The number of amides is 3. The number of carbonyl (C=O) groups excluding carboxylic acids is 2. The second-order valence-corrected chi connectivity index (χ2v) is 4.72. The van der Waals surface area contributed by atoms with Crippen molar-refractivity contribution < 1.29 is 19.5 Å². The zero-order valence-electron chi connectivity index (χ0n) is 10.5. The number of carboxylic acids is 1. The van der Waals surface area contributed by atoms with E-state index in [9.17, 15) is 14.4 Å². The van der Waals surface area contributed by atoms with Gasteiger partial charge in [-0.3, -0.25) is 4.79 Å². The van der Waals surface area contributed by atoms with E-state index in [2.05, 4.69) is 16.0 Å². The summed E-state index contributed by atoms with van der Waals surface area (Å²) in [6, 6.07) is -1.51. The summed E-state index contributed by atoms with van der Waals surface area (Å²) in [6.45, 7) is 3.74. The van der Waals surface area contributed by atoms with E-state index in [1.165, 1.54) is 0 Å². The van der Waals surface area contributed by atoms with Crippen LogP contribution in [0.1, 0.15) is 26.7 Å². The molecule has 1 aliphatic rings. The molecule has 1 unspecified atom stereocenters. The first-order chi connectivity index (χ1) is 8.40. The van der Waals surface area contributed by atoms with Crippen LogP contribution in [0.2, 0.25) is 0 Å². The summed E-state index contributed by atoms with van der Waals surface area (Å²) in [7, 11) is 0. The minimum absolute atomic E-state index is 0.0206. The lowest BCUT2D eigenvalue weighted by molar-refractivity contribution is -0.140. The topological polar surface area (TPSA) is 108 Å². The molecule has 0 spiro atoms. The van der Waals surface area contributed by atoms with E-state index in [1.807, 2.05) is 0 Å². The number of nitrogens with one attached hydrogen (secondary N) is 3. The molecule has 102 valence electrons. The molecule has 1 saturated heterocycles. The van der Waals surface area contributed by atoms with Crippen LogP contribution in [0.4, 0.5) is 4.79 Å². The predicted molar refractivity (Wildman–Crippen MR) is 64.0 cm³/mol. The Balaban J connectivity index is 2.32. The van der Waals surface area contributed by atoms with Gasteiger partial charge in [-0.2, -0.15) is 0 Å². The Kier molecular flexibility index (Phi) is 4.94. The van der Waals surface area contributed by atoms with E-state index in [0.717, 1.165) is 0 Å². The largest absolute Gasteiger partial charge is 0.480 e. The smallest absolute Gasteiger partial charge is 0.326 e. The van der Waals surface area contributed by atoms with Gasteiger partial charge in [0.2, 0.25) is 5.91 Å². The highest BCUT2D eigenvalue weighted by atomic mass is 16.4. The number of carboxylic acid groups (broad SMARTS) is 1. The van der Waals surface area contributed by atoms with Crippen LogP contribution in [0, 0.1) is 5.92 Å². The predicted octanol–water partition coefficient (Wildman–Crippen LogP) is -0.327. The van der Waals surface area contributed by atoms with Gasteiger partial charge in [0.15, 0.2) is 0 Å². The van der Waals surface area contributed by atoms with Gasteiger partial charge in [-0.25, -0.2) is 9.59 Å². The van der Waals surface area contributed by atoms with Crippen LogP contribution in [0.5, 0.6) is 0 Å². The molecule has 1 aliphatic heterocycles. The standard InChI is InChI=1S/C11H19N3O4/c1-6(2)9(10(16)17)14-11(18)12-5-7-3-4-8(15)13-7/h6-7,9H,3-5H2,1-2H3,(H,13,15)(H,16,17)(H2,12,14,18)/t7?,9-/m0/s1. The maximum atomic E-state index is 11.5. The summed E-state index contributed by atoms with van der Waals surface area (Å²) < 4.78 is 0. The molecule has 0 aromatic carbocycles. The summed E-state index contributed by atoms with van der Waals surface area (Å²) in [5.74, 6) is -1.28. The quantitative estimate of drug-likeness (QED) is 0.541. The van der Waals surface area contributed by atoms with Gasteiger partial charge in [0.05, 0.1) is 0 Å². The lowest BCUT2D eigenvalue weighted by Gasteiger charge is -2.19. The molecule has 0 saturated carbocycles. The second kappa shape index (κ2) is 6.23. The average molecular weight is 257 g/mol. The first-order valence-corrected chi connectivity index (χ1v) is 5.96. The van der Waals surface area contributed by atoms with Crippen LogP contribution in [0.15, 0.2) is 0 Å². The number of carbonyl (C=O) groups is 3. The van der Waals surface area contributed by atoms with Gasteiger partial charge < -0.3 is 21.1 Å². The van der Waals surface area contributed by atoms with Crippen molar-refractivity contribution in [2.45, 2.75) is 38.8 Å². The van der Waals surface area contributed by atoms with Crippen molar-refractivity contribution in [1.82, 2.24) is 16.0 Å². The molecule has 1 rings (SSSR count). The highest BCUT2D eigenvalue weighted by Gasteiger charge is 2.25. The SMILES string of the molecule is CC(C)[C@H](NC(=O)NCC1CCC(=O)N1)C(=O)O. The van der Waals surface area contributed by atoms with Gasteiger partial charge in [-0.1, -0.05) is 13.8 Å². The molecule has 3 amide bonds. The highest BCUT2D eigenvalue weighted by Crippen LogP contribution is 2.05. The third-order valence-electron chi connectivity index (χ3n) is 2.81. The fourth-order valence-corrected chi connectivity index (χ4v) is 1.75. The minimum Gasteiger partial charge on any atom is -0.480 e. The Morgan fingerprint density at radius 2 is 2.17 bits per heavy atom. The van der Waals surface area contributed by atoms with Gasteiger partial charge in [-0.05, 0) is 12.3 Å². The first kappa shape index (κ1) is 14.3. The monoisotopic (exact) mass is 257 g/mol. The molecule has 0 aromatic rings. The molecule has 2 atom stereocenters. The fourth-order valence-electron chi connectivity index (χ4n) is 1.75. The number of hydrogen-bond donors (Lipinski definition) is 4. The van der Waals surface area contributed by atoms with Crippen molar-refractivity contribution in [2.24, 2.45) is 5.92 Å². The molecule has 7 heteroatoms. The Morgan fingerprint density at radius 3 is 2.61 bits per heavy atom. The second-order valence-electron chi connectivity index (χ2n) is 4.72. The van der Waals surface area contributed by atoms with Gasteiger partial charge in [-0.15, -0.1) is 0 Å². The minimum atomic E-state index is -1.06. The van der Waals surface area contributed by atoms with Gasteiger partial charge in [0, 0.05) is 19.0 Å². The van der Waals surface area contributed by atoms with Gasteiger partial charge in [0.25, 0.3) is 0 Å². The molecule has 4 N–H and O–H groups in total. The van der Waals surface area contributed by atoms with Crippen molar-refractivity contribution in [3.63, 3.8) is 0 Å². The first-order valence-electron chi connectivity index (χ1n) is 5.96. The Hall–Kier alpha value is -1.79. The molecule has 18 heavy (non-hydrogen) atoms. The zero-order valence-corrected chi connectivity index (χ0v) is 10.5. The van der Waals surface area contributed by atoms with Crippen molar-refractivity contribution in [1.29, 1.82) is 0 Å². The molecule has 0 aliphatic carbocycles. The van der Waals surface area contributed by atoms with E-state index >= 15 is 0 Å². The van der Waals surface area contributed by atoms with E-state index in [1.54, 1.807) is 13.8 Å². The van der Waals surface area contributed by atoms with Crippen molar-refractivity contribution in [3.05, 3.63) is 0 Å². The van der Waals surface area contributed by atoms with Crippen LogP contribution < -0.4 is 16.0 Å². The van der Waals surface area contributed by atoms with Crippen LogP contribution in [0.3, 0.4) is 0 Å². The third-order valence-corrected chi connectivity index (χ3v) is 2.81. The van der Waals surface area contributed by atoms with Crippen LogP contribution in [-0.4, -0.2) is 41.6 Å². The summed E-state index contributed by atoms with van der Waals surface area (Å²) in [6.07, 6.45) is 1.16. The number of urea groups is 1. The van der Waals surface area contributed by atoms with Crippen LogP contribution >= 0.6 is 0 Å². The van der Waals surface area contributed by atoms with Crippen molar-refractivity contribution >= 4 is 17.9 Å². The summed E-state index contributed by atoms with van der Waals surface area (Å²) in [5, 5.41) is 16.6. The molecular weight excluding hydrogens is 238 g/mol. The van der Waals surface area contributed by atoms with Crippen LogP contribution in [0.25, 0.3) is 0 Å². The number of hydrogen-bond acceptors (Lipinski definition) is 3. The Bertz CT molecular complexity index is 343. The maximum absolute atomic E-state index is 11.5. The molecule has 1 fully saturated rings. The third kappa shape index (κ3) is 4.23. The van der Waals surface area contributed by atoms with Crippen molar-refractivity contribution in [3.8, 4) is 0 Å². The molecule has 0 radical (unpaired) electrons. The molecular formula is C11H19N3O4. The maximum Gasteiger partial charge on any atom is 0.326 e. The molecule has 0 bridgehead atoms. The van der Waals surface area contributed by atoms with E-state index in [-0.39, 0.29) is 17.9 Å². The lowest BCUT2D eigenvalue weighted by Crippen LogP contribution is -2.50. The van der Waals surface area contributed by atoms with Gasteiger partial charge in [0.1, 0.15) is 6.04 Å². The van der Waals surface area contributed by atoms with Crippen molar-refractivity contribution in [2.75, 3.05) is 6.54 Å². The Labute approximate surface area is 105 Å². The van der Waals surface area contributed by atoms with Crippen LogP contribution in [-0.2, 0) is 9.59 Å².